The molecule has 1 aromatic carbocycles. The van der Waals surface area contributed by atoms with Crippen molar-refractivity contribution in [1.82, 2.24) is 10.2 Å². The molecule has 1 amide bonds. The molecule has 1 heterocycles. The number of nitrogens with zero attached hydrogens (tertiary/aromatic N) is 2. The minimum Gasteiger partial charge on any atom is -0.301 e. The third-order valence-corrected chi connectivity index (χ3v) is 4.23. The van der Waals surface area contributed by atoms with Gasteiger partial charge in [-0.1, -0.05) is 37.2 Å². The van der Waals surface area contributed by atoms with Gasteiger partial charge in [-0.25, -0.2) is 8.78 Å². The molecule has 0 spiro atoms. The fourth-order valence-electron chi connectivity index (χ4n) is 2.07. The number of amides is 1. The Bertz CT molecular complexity index is 661. The second-order valence-electron chi connectivity index (χ2n) is 5.25. The zero-order valence-corrected chi connectivity index (χ0v) is 13.8. The number of carbonyl (C=O) groups is 1. The summed E-state index contributed by atoms with van der Waals surface area (Å²) in [5.74, 6) is -2.00. The number of hydrogen-bond donors (Lipinski definition) is 1. The Morgan fingerprint density at radius 2 is 2.00 bits per heavy atom. The van der Waals surface area contributed by atoms with Gasteiger partial charge in [0.05, 0.1) is 0 Å². The summed E-state index contributed by atoms with van der Waals surface area (Å²) in [4.78, 5) is 11.9. The Morgan fingerprint density at radius 1 is 1.17 bits per heavy atom. The monoisotopic (exact) mass is 339 g/mol. The topological polar surface area (TPSA) is 54.9 Å². The van der Waals surface area contributed by atoms with E-state index in [0.717, 1.165) is 42.8 Å². The summed E-state index contributed by atoms with van der Waals surface area (Å²) in [6, 6.07) is 3.65. The first-order valence-electron chi connectivity index (χ1n) is 7.64. The number of aryl methyl sites for hydroxylation is 2. The lowest BCUT2D eigenvalue weighted by Gasteiger charge is -2.02. The predicted octanol–water partition coefficient (Wildman–Crippen LogP) is 4.12. The number of hydrogen-bond acceptors (Lipinski definition) is 4. The SMILES string of the molecule is CCCCCc1nnc(NC(=O)CCc2ccc(F)c(F)c2)s1. The van der Waals surface area contributed by atoms with E-state index in [1.807, 2.05) is 0 Å². The van der Waals surface area contributed by atoms with Gasteiger partial charge in [-0.15, -0.1) is 10.2 Å². The molecule has 0 radical (unpaired) electrons. The van der Waals surface area contributed by atoms with Crippen LogP contribution in [-0.4, -0.2) is 16.1 Å². The van der Waals surface area contributed by atoms with E-state index in [2.05, 4.69) is 22.4 Å². The number of aromatic nitrogens is 2. The van der Waals surface area contributed by atoms with Crippen molar-refractivity contribution in [2.24, 2.45) is 0 Å². The first-order valence-corrected chi connectivity index (χ1v) is 8.46. The van der Waals surface area contributed by atoms with E-state index in [0.29, 0.717) is 17.1 Å². The normalized spacial score (nSPS) is 10.7. The predicted molar refractivity (Wildman–Crippen MR) is 86.4 cm³/mol. The summed E-state index contributed by atoms with van der Waals surface area (Å²) in [7, 11) is 0. The second-order valence-corrected chi connectivity index (χ2v) is 6.32. The number of anilines is 1. The van der Waals surface area contributed by atoms with E-state index in [1.54, 1.807) is 0 Å². The molecule has 0 unspecified atom stereocenters. The van der Waals surface area contributed by atoms with Crippen molar-refractivity contribution >= 4 is 22.4 Å². The molecular weight excluding hydrogens is 320 g/mol. The van der Waals surface area contributed by atoms with Crippen LogP contribution in [0.5, 0.6) is 0 Å². The van der Waals surface area contributed by atoms with Gasteiger partial charge < -0.3 is 5.32 Å². The molecule has 0 saturated heterocycles. The molecule has 7 heteroatoms. The first kappa shape index (κ1) is 17.5. The van der Waals surface area contributed by atoms with Crippen molar-refractivity contribution in [2.75, 3.05) is 5.32 Å². The number of unbranched alkanes of at least 4 members (excludes halogenated alkanes) is 2. The van der Waals surface area contributed by atoms with Gasteiger partial charge in [-0.2, -0.15) is 0 Å². The lowest BCUT2D eigenvalue weighted by molar-refractivity contribution is -0.116. The lowest BCUT2D eigenvalue weighted by atomic mass is 10.1. The summed E-state index contributed by atoms with van der Waals surface area (Å²) in [6.45, 7) is 2.14. The van der Waals surface area contributed by atoms with E-state index < -0.39 is 11.6 Å². The van der Waals surface area contributed by atoms with Gasteiger partial charge in [0.25, 0.3) is 0 Å². The molecule has 124 valence electrons. The molecule has 1 aromatic heterocycles. The molecule has 0 aliphatic rings. The van der Waals surface area contributed by atoms with E-state index in [1.165, 1.54) is 17.4 Å². The molecule has 0 aliphatic carbocycles. The molecule has 0 atom stereocenters. The molecule has 0 saturated carbocycles. The van der Waals surface area contributed by atoms with Crippen LogP contribution in [0.2, 0.25) is 0 Å². The summed E-state index contributed by atoms with van der Waals surface area (Å²) < 4.78 is 25.9. The van der Waals surface area contributed by atoms with Gasteiger partial charge in [0, 0.05) is 12.8 Å². The Labute approximate surface area is 137 Å². The van der Waals surface area contributed by atoms with E-state index >= 15 is 0 Å². The number of benzene rings is 1. The maximum Gasteiger partial charge on any atom is 0.226 e. The fraction of sp³-hybridized carbons (Fsp3) is 0.438. The van der Waals surface area contributed by atoms with Crippen LogP contribution in [0, 0.1) is 11.6 Å². The van der Waals surface area contributed by atoms with Gasteiger partial charge in [-0.05, 0) is 30.5 Å². The molecule has 0 fully saturated rings. The summed E-state index contributed by atoms with van der Waals surface area (Å²) in [5, 5.41) is 12.1. The quantitative estimate of drug-likeness (QED) is 0.736. The van der Waals surface area contributed by atoms with Crippen LogP contribution >= 0.6 is 11.3 Å². The van der Waals surface area contributed by atoms with Crippen molar-refractivity contribution in [1.29, 1.82) is 0 Å². The highest BCUT2D eigenvalue weighted by Crippen LogP contribution is 2.18. The molecule has 0 bridgehead atoms. The van der Waals surface area contributed by atoms with Crippen molar-refractivity contribution in [3.8, 4) is 0 Å². The highest BCUT2D eigenvalue weighted by Gasteiger charge is 2.09. The third-order valence-electron chi connectivity index (χ3n) is 3.33. The molecular formula is C16H19F2N3OS. The van der Waals surface area contributed by atoms with Gasteiger partial charge in [0.1, 0.15) is 5.01 Å². The number of rotatable bonds is 8. The van der Waals surface area contributed by atoms with Gasteiger partial charge in [0.15, 0.2) is 11.6 Å². The van der Waals surface area contributed by atoms with Crippen molar-refractivity contribution < 1.29 is 13.6 Å². The van der Waals surface area contributed by atoms with Crippen LogP contribution in [0.25, 0.3) is 0 Å². The molecule has 2 aromatic rings. The van der Waals surface area contributed by atoms with Crippen molar-refractivity contribution in [2.45, 2.75) is 45.4 Å². The first-order chi connectivity index (χ1) is 11.1. The molecule has 2 rings (SSSR count). The fourth-order valence-corrected chi connectivity index (χ4v) is 2.86. The Hall–Kier alpha value is -1.89. The van der Waals surface area contributed by atoms with Crippen LogP contribution in [0.15, 0.2) is 18.2 Å². The highest BCUT2D eigenvalue weighted by atomic mass is 32.1. The van der Waals surface area contributed by atoms with Crippen molar-refractivity contribution in [3.63, 3.8) is 0 Å². The highest BCUT2D eigenvalue weighted by molar-refractivity contribution is 7.15. The van der Waals surface area contributed by atoms with E-state index in [4.69, 9.17) is 0 Å². The van der Waals surface area contributed by atoms with Crippen LogP contribution < -0.4 is 5.32 Å². The zero-order chi connectivity index (χ0) is 16.7. The Morgan fingerprint density at radius 3 is 2.74 bits per heavy atom. The summed E-state index contributed by atoms with van der Waals surface area (Å²) >= 11 is 1.37. The Kier molecular flexibility index (Phi) is 6.58. The summed E-state index contributed by atoms with van der Waals surface area (Å²) in [5.41, 5.74) is 0.580. The van der Waals surface area contributed by atoms with Gasteiger partial charge >= 0.3 is 0 Å². The molecule has 23 heavy (non-hydrogen) atoms. The van der Waals surface area contributed by atoms with Crippen LogP contribution in [0.1, 0.15) is 43.2 Å². The smallest absolute Gasteiger partial charge is 0.226 e. The largest absolute Gasteiger partial charge is 0.301 e. The molecule has 0 aliphatic heterocycles. The number of nitrogens with one attached hydrogen (secondary N) is 1. The number of carbonyl (C=O) groups excluding carboxylic acids is 1. The average Bonchev–Trinajstić information content (AvgIpc) is 2.96. The zero-order valence-electron chi connectivity index (χ0n) is 12.9. The van der Waals surface area contributed by atoms with Crippen LogP contribution in [-0.2, 0) is 17.6 Å². The average molecular weight is 339 g/mol. The van der Waals surface area contributed by atoms with Gasteiger partial charge in [-0.3, -0.25) is 4.79 Å². The second kappa shape index (κ2) is 8.67. The lowest BCUT2D eigenvalue weighted by Crippen LogP contribution is -2.12. The Balaban J connectivity index is 1.79. The maximum atomic E-state index is 13.1. The van der Waals surface area contributed by atoms with Crippen molar-refractivity contribution in [3.05, 3.63) is 40.4 Å². The maximum absolute atomic E-state index is 13.1. The molecule has 1 N–H and O–H groups in total. The summed E-state index contributed by atoms with van der Waals surface area (Å²) in [6.07, 6.45) is 4.74. The standard InChI is InChI=1S/C16H19F2N3OS/c1-2-3-4-5-15-20-21-16(23-15)19-14(22)9-7-11-6-8-12(17)13(18)10-11/h6,8,10H,2-5,7,9H2,1H3,(H,19,21,22). The van der Waals surface area contributed by atoms with Crippen LogP contribution in [0.3, 0.4) is 0 Å². The van der Waals surface area contributed by atoms with Crippen LogP contribution in [0.4, 0.5) is 13.9 Å². The van der Waals surface area contributed by atoms with E-state index in [9.17, 15) is 13.6 Å². The third kappa shape index (κ3) is 5.67. The molecule has 4 nitrogen and oxygen atoms in total. The number of halogens is 2. The minimum absolute atomic E-state index is 0.176. The van der Waals surface area contributed by atoms with E-state index in [-0.39, 0.29) is 12.3 Å². The van der Waals surface area contributed by atoms with Gasteiger partial charge in [0.2, 0.25) is 11.0 Å². The minimum atomic E-state index is -0.899.